The van der Waals surface area contributed by atoms with E-state index in [1.54, 1.807) is 6.26 Å². The predicted molar refractivity (Wildman–Crippen MR) is 207 cm³/mol. The number of thiol groups is 1. The van der Waals surface area contributed by atoms with Crippen molar-refractivity contribution in [1.29, 1.82) is 0 Å². The fourth-order valence-electron chi connectivity index (χ4n) is 5.16. The molecule has 0 saturated heterocycles. The zero-order valence-electron chi connectivity index (χ0n) is 27.1. The van der Waals surface area contributed by atoms with Crippen LogP contribution in [0.15, 0.2) is 42.5 Å². The SMILES string of the molecule is CN(C)C(=S)SCCCCCC(CCCCCSC(=S)N(C)C)n1c2ccccc2c2ccc(C(C)(C)C)cc21.CS. The van der Waals surface area contributed by atoms with Gasteiger partial charge in [-0.1, -0.05) is 125 Å². The Bertz CT molecular complexity index is 1230. The molecular formula is C34H53N3S5. The zero-order valence-corrected chi connectivity index (χ0v) is 31.3. The minimum atomic E-state index is 0.126. The van der Waals surface area contributed by atoms with Crippen molar-refractivity contribution in [2.24, 2.45) is 0 Å². The molecule has 0 aliphatic rings. The van der Waals surface area contributed by atoms with E-state index in [4.69, 9.17) is 24.4 Å². The van der Waals surface area contributed by atoms with E-state index in [1.165, 1.54) is 78.7 Å². The molecule has 3 aromatic rings. The van der Waals surface area contributed by atoms with E-state index < -0.39 is 0 Å². The van der Waals surface area contributed by atoms with Gasteiger partial charge in [0.2, 0.25) is 0 Å². The fourth-order valence-corrected chi connectivity index (χ4v) is 7.22. The Morgan fingerprint density at radius 1 is 0.738 bits per heavy atom. The van der Waals surface area contributed by atoms with Gasteiger partial charge in [0.1, 0.15) is 8.64 Å². The highest BCUT2D eigenvalue weighted by atomic mass is 32.2. The van der Waals surface area contributed by atoms with Gasteiger partial charge in [0.05, 0.1) is 0 Å². The lowest BCUT2D eigenvalue weighted by atomic mass is 9.86. The van der Waals surface area contributed by atoms with Crippen LogP contribution in [0.1, 0.15) is 83.7 Å². The molecule has 1 heterocycles. The lowest BCUT2D eigenvalue weighted by Crippen LogP contribution is -2.16. The van der Waals surface area contributed by atoms with Gasteiger partial charge in [-0.15, -0.1) is 0 Å². The van der Waals surface area contributed by atoms with E-state index in [0.717, 1.165) is 20.1 Å². The van der Waals surface area contributed by atoms with Crippen LogP contribution in [0.5, 0.6) is 0 Å². The van der Waals surface area contributed by atoms with E-state index in [-0.39, 0.29) is 5.41 Å². The Morgan fingerprint density at radius 2 is 1.24 bits per heavy atom. The maximum atomic E-state index is 5.46. The van der Waals surface area contributed by atoms with Crippen molar-refractivity contribution in [2.45, 2.75) is 83.6 Å². The first-order valence-electron chi connectivity index (χ1n) is 15.2. The molecule has 3 rings (SSSR count). The van der Waals surface area contributed by atoms with Crippen LogP contribution in [0, 0.1) is 0 Å². The van der Waals surface area contributed by atoms with Gasteiger partial charge in [0, 0.05) is 67.5 Å². The summed E-state index contributed by atoms with van der Waals surface area (Å²) in [5.41, 5.74) is 4.32. The lowest BCUT2D eigenvalue weighted by molar-refractivity contribution is 0.418. The summed E-state index contributed by atoms with van der Waals surface area (Å²) in [5, 5.41) is 2.76. The standard InChI is InChI=1S/C33H49N3S4.CH4S/c1-33(2,3)25-20-21-28-27-18-12-13-19-29(27)36(30(28)24-25)26(16-10-8-14-22-39-31(37)34(4)5)17-11-9-15-23-40-32(38)35(6)7;1-2/h12-13,18-21,24,26H,8-11,14-17,22-23H2,1-7H3;2H,1H3. The van der Waals surface area contributed by atoms with E-state index >= 15 is 0 Å². The Kier molecular flexibility index (Phi) is 16.7. The molecule has 0 amide bonds. The first kappa shape index (κ1) is 37.3. The minimum absolute atomic E-state index is 0.126. The third-order valence-corrected chi connectivity index (χ3v) is 11.1. The molecule has 0 aliphatic heterocycles. The van der Waals surface area contributed by atoms with Crippen LogP contribution < -0.4 is 0 Å². The molecule has 8 heteroatoms. The van der Waals surface area contributed by atoms with Crippen molar-refractivity contribution in [3.63, 3.8) is 0 Å². The molecule has 42 heavy (non-hydrogen) atoms. The summed E-state index contributed by atoms with van der Waals surface area (Å²) in [6.07, 6.45) is 11.6. The molecular weight excluding hydrogens is 611 g/mol. The number of unbranched alkanes of at least 4 members (excludes halogenated alkanes) is 4. The Hall–Kier alpha value is -0.930. The normalized spacial score (nSPS) is 11.6. The van der Waals surface area contributed by atoms with Gasteiger partial charge in [-0.25, -0.2) is 0 Å². The lowest BCUT2D eigenvalue weighted by Gasteiger charge is -2.24. The average Bonchev–Trinajstić information content (AvgIpc) is 3.29. The number of nitrogens with zero attached hydrogens (tertiary/aromatic N) is 3. The van der Waals surface area contributed by atoms with E-state index in [2.05, 4.69) is 80.4 Å². The number of para-hydroxylation sites is 1. The molecule has 0 atom stereocenters. The smallest absolute Gasteiger partial charge is 0.135 e. The minimum Gasteiger partial charge on any atom is -0.364 e. The van der Waals surface area contributed by atoms with Crippen LogP contribution in [-0.2, 0) is 5.41 Å². The molecule has 0 bridgehead atoms. The summed E-state index contributed by atoms with van der Waals surface area (Å²) in [7, 11) is 8.13. The number of thioether (sulfide) groups is 2. The second kappa shape index (κ2) is 18.8. The zero-order chi connectivity index (χ0) is 31.3. The molecule has 0 aliphatic carbocycles. The number of benzene rings is 2. The van der Waals surface area contributed by atoms with Crippen molar-refractivity contribution in [3.8, 4) is 0 Å². The average molecular weight is 664 g/mol. The number of aromatic nitrogens is 1. The van der Waals surface area contributed by atoms with Crippen LogP contribution in [0.25, 0.3) is 21.8 Å². The van der Waals surface area contributed by atoms with Crippen LogP contribution in [0.4, 0.5) is 0 Å². The largest absolute Gasteiger partial charge is 0.364 e. The molecule has 0 fully saturated rings. The number of hydrogen-bond acceptors (Lipinski definition) is 5. The molecule has 0 N–H and O–H groups in total. The molecule has 234 valence electrons. The molecule has 0 radical (unpaired) electrons. The molecule has 0 unspecified atom stereocenters. The molecule has 2 aromatic carbocycles. The Balaban J connectivity index is 0.00000301. The molecule has 0 spiro atoms. The highest BCUT2D eigenvalue weighted by Gasteiger charge is 2.21. The molecule has 0 saturated carbocycles. The van der Waals surface area contributed by atoms with Gasteiger partial charge in [-0.3, -0.25) is 0 Å². The van der Waals surface area contributed by atoms with Crippen molar-refractivity contribution < 1.29 is 0 Å². The number of thiocarbonyl (C=S) groups is 2. The monoisotopic (exact) mass is 663 g/mol. The highest BCUT2D eigenvalue weighted by Crippen LogP contribution is 2.38. The highest BCUT2D eigenvalue weighted by molar-refractivity contribution is 8.23. The maximum absolute atomic E-state index is 5.46. The topological polar surface area (TPSA) is 11.4 Å². The predicted octanol–water partition coefficient (Wildman–Crippen LogP) is 10.5. The van der Waals surface area contributed by atoms with E-state index in [0.29, 0.717) is 6.04 Å². The number of rotatable bonds is 13. The quantitative estimate of drug-likeness (QED) is 0.110. The van der Waals surface area contributed by atoms with Gasteiger partial charge in [0.25, 0.3) is 0 Å². The summed E-state index contributed by atoms with van der Waals surface area (Å²) >= 11 is 18.1. The van der Waals surface area contributed by atoms with Crippen LogP contribution in [0.3, 0.4) is 0 Å². The maximum Gasteiger partial charge on any atom is 0.135 e. The first-order chi connectivity index (χ1) is 20.0. The Labute approximate surface area is 281 Å². The van der Waals surface area contributed by atoms with E-state index in [9.17, 15) is 0 Å². The van der Waals surface area contributed by atoms with Crippen LogP contribution in [0.2, 0.25) is 0 Å². The van der Waals surface area contributed by atoms with Gasteiger partial charge in [-0.05, 0) is 55.1 Å². The van der Waals surface area contributed by atoms with Gasteiger partial charge >= 0.3 is 0 Å². The second-order valence-electron chi connectivity index (χ2n) is 12.2. The summed E-state index contributed by atoms with van der Waals surface area (Å²) in [6.45, 7) is 6.95. The van der Waals surface area contributed by atoms with Crippen molar-refractivity contribution in [3.05, 3.63) is 48.0 Å². The number of hydrogen-bond donors (Lipinski definition) is 1. The summed E-state index contributed by atoms with van der Waals surface area (Å²) in [4.78, 5) is 4.08. The van der Waals surface area contributed by atoms with Gasteiger partial charge in [-0.2, -0.15) is 12.6 Å². The van der Waals surface area contributed by atoms with Gasteiger partial charge in [0.15, 0.2) is 0 Å². The summed E-state index contributed by atoms with van der Waals surface area (Å²) in [5.74, 6) is 2.22. The molecule has 1 aromatic heterocycles. The van der Waals surface area contributed by atoms with Crippen LogP contribution in [-0.4, -0.2) is 69.0 Å². The second-order valence-corrected chi connectivity index (χ2v) is 15.7. The molecule has 3 nitrogen and oxygen atoms in total. The Morgan fingerprint density at radius 3 is 1.74 bits per heavy atom. The fraction of sp³-hybridized carbons (Fsp3) is 0.588. The summed E-state index contributed by atoms with van der Waals surface area (Å²) in [6, 6.07) is 16.7. The number of fused-ring (bicyclic) bond motifs is 3. The third-order valence-electron chi connectivity index (χ3n) is 7.49. The van der Waals surface area contributed by atoms with E-state index in [1.807, 2.05) is 61.5 Å². The first-order valence-corrected chi connectivity index (χ1v) is 18.8. The van der Waals surface area contributed by atoms with Crippen LogP contribution >= 0.6 is 60.6 Å². The van der Waals surface area contributed by atoms with Crippen molar-refractivity contribution in [1.82, 2.24) is 14.4 Å². The van der Waals surface area contributed by atoms with Crippen molar-refractivity contribution in [2.75, 3.05) is 46.0 Å². The third kappa shape index (κ3) is 11.2. The van der Waals surface area contributed by atoms with Crippen molar-refractivity contribution >= 4 is 91.0 Å². The summed E-state index contributed by atoms with van der Waals surface area (Å²) < 4.78 is 4.68. The van der Waals surface area contributed by atoms with Gasteiger partial charge < -0.3 is 14.4 Å².